The van der Waals surface area contributed by atoms with Crippen LogP contribution in [0, 0.1) is 5.92 Å². The second-order valence-corrected chi connectivity index (χ2v) is 12.1. The molecule has 0 bridgehead atoms. The maximum atomic E-state index is 13.1. The minimum atomic E-state index is -4.82. The molecule has 0 aromatic heterocycles. The molecule has 196 valence electrons. The summed E-state index contributed by atoms with van der Waals surface area (Å²) in [6, 6.07) is 9.04. The van der Waals surface area contributed by atoms with Crippen molar-refractivity contribution < 1.29 is 45.9 Å². The zero-order chi connectivity index (χ0) is 26.9. The normalized spacial score (nSPS) is 18.6. The van der Waals surface area contributed by atoms with Crippen molar-refractivity contribution in [3.05, 3.63) is 48.5 Å². The predicted molar refractivity (Wildman–Crippen MR) is 124 cm³/mol. The van der Waals surface area contributed by atoms with Crippen LogP contribution in [0.4, 0.5) is 18.0 Å². The fourth-order valence-corrected chi connectivity index (χ4v) is 6.68. The van der Waals surface area contributed by atoms with E-state index in [2.05, 4.69) is 4.74 Å². The van der Waals surface area contributed by atoms with Gasteiger partial charge in [0.15, 0.2) is 9.84 Å². The number of benzene rings is 2. The van der Waals surface area contributed by atoms with Gasteiger partial charge >= 0.3 is 6.36 Å². The third-order valence-electron chi connectivity index (χ3n) is 5.47. The number of hydrogen-bond acceptors (Lipinski definition) is 8. The van der Waals surface area contributed by atoms with Gasteiger partial charge in [-0.25, -0.2) is 13.9 Å². The molecule has 0 spiro atoms. The zero-order valence-electron chi connectivity index (χ0n) is 19.3. The smallest absolute Gasteiger partial charge is 0.457 e. The molecule has 1 saturated heterocycles. The molecule has 1 fully saturated rings. The number of hydrogen-bond donors (Lipinski definition) is 2. The number of nitrogens with zero attached hydrogens (tertiary/aromatic N) is 1. The summed E-state index contributed by atoms with van der Waals surface area (Å²) in [6.45, 7) is 3.42. The summed E-state index contributed by atoms with van der Waals surface area (Å²) in [5.41, 5.74) is 1.50. The summed E-state index contributed by atoms with van der Waals surface area (Å²) in [7, 11) is -2.59. The lowest BCUT2D eigenvalue weighted by atomic mass is 9.89. The van der Waals surface area contributed by atoms with Crippen LogP contribution in [0.15, 0.2) is 53.4 Å². The van der Waals surface area contributed by atoms with Gasteiger partial charge in [-0.15, -0.1) is 13.2 Å². The fraction of sp³-hybridized carbons (Fsp3) is 0.364. The second kappa shape index (κ2) is 10.2. The molecule has 2 aromatic rings. The van der Waals surface area contributed by atoms with E-state index in [-0.39, 0.29) is 21.6 Å². The molecule has 1 heterocycles. The van der Waals surface area contributed by atoms with E-state index in [0.29, 0.717) is 0 Å². The minimum Gasteiger partial charge on any atom is -0.457 e. The van der Waals surface area contributed by atoms with Crippen LogP contribution in [0.2, 0.25) is 0 Å². The minimum absolute atomic E-state index is 0.128. The number of sulfone groups is 1. The number of rotatable bonds is 8. The summed E-state index contributed by atoms with van der Waals surface area (Å²) in [4.78, 5) is 25.8. The number of halogens is 3. The largest absolute Gasteiger partial charge is 0.573 e. The van der Waals surface area contributed by atoms with Crippen LogP contribution < -0.4 is 15.0 Å². The first-order valence-electron chi connectivity index (χ1n) is 10.4. The Morgan fingerprint density at radius 1 is 1.11 bits per heavy atom. The molecule has 0 unspecified atom stereocenters. The third-order valence-corrected chi connectivity index (χ3v) is 8.49. The molecule has 36 heavy (non-hydrogen) atoms. The molecule has 1 aliphatic heterocycles. The van der Waals surface area contributed by atoms with Crippen molar-refractivity contribution in [3.8, 4) is 17.2 Å². The van der Waals surface area contributed by atoms with E-state index in [0.717, 1.165) is 23.9 Å². The summed E-state index contributed by atoms with van der Waals surface area (Å²) in [6.07, 6.45) is -4.82. The predicted octanol–water partition coefficient (Wildman–Crippen LogP) is 4.22. The number of ether oxygens (including phenoxy) is 2. The lowest BCUT2D eigenvalue weighted by Crippen LogP contribution is -2.52. The SMILES string of the molecule is CN1C(=O)SC(C)(C)[C@@H]1[C@@H](CS(=O)(=O)c1ccc(Oc2ccc(OC(F)(F)F)cc2)cc1)C(=O)NO. The first kappa shape index (κ1) is 27.6. The van der Waals surface area contributed by atoms with Crippen LogP contribution in [-0.2, 0) is 14.6 Å². The summed E-state index contributed by atoms with van der Waals surface area (Å²) < 4.78 is 71.6. The number of carbonyl (C=O) groups excluding carboxylic acids is 2. The molecule has 2 atom stereocenters. The first-order chi connectivity index (χ1) is 16.6. The average molecular weight is 549 g/mol. The van der Waals surface area contributed by atoms with E-state index in [1.165, 1.54) is 53.8 Å². The molecule has 9 nitrogen and oxygen atoms in total. The van der Waals surface area contributed by atoms with Gasteiger partial charge in [0.25, 0.3) is 5.24 Å². The second-order valence-electron chi connectivity index (χ2n) is 8.48. The van der Waals surface area contributed by atoms with Gasteiger partial charge < -0.3 is 14.4 Å². The van der Waals surface area contributed by atoms with Crippen LogP contribution in [0.3, 0.4) is 0 Å². The molecule has 3 rings (SSSR count). The third kappa shape index (κ3) is 6.42. The Morgan fingerprint density at radius 3 is 2.06 bits per heavy atom. The molecule has 0 saturated carbocycles. The number of nitrogens with one attached hydrogen (secondary N) is 1. The molecule has 2 aromatic carbocycles. The van der Waals surface area contributed by atoms with Gasteiger partial charge in [-0.05, 0) is 62.4 Å². The van der Waals surface area contributed by atoms with E-state index >= 15 is 0 Å². The van der Waals surface area contributed by atoms with E-state index < -0.39 is 50.3 Å². The Hall–Kier alpha value is -2.97. The Labute approximate surface area is 209 Å². The Morgan fingerprint density at radius 2 is 1.61 bits per heavy atom. The summed E-state index contributed by atoms with van der Waals surface area (Å²) in [5.74, 6) is -2.89. The van der Waals surface area contributed by atoms with Crippen LogP contribution in [-0.4, -0.2) is 59.6 Å². The molecule has 0 radical (unpaired) electrons. The van der Waals surface area contributed by atoms with Crippen molar-refractivity contribution in [2.75, 3.05) is 12.8 Å². The lowest BCUT2D eigenvalue weighted by Gasteiger charge is -2.34. The molecule has 2 N–H and O–H groups in total. The quantitative estimate of drug-likeness (QED) is 0.372. The van der Waals surface area contributed by atoms with Crippen molar-refractivity contribution >= 4 is 32.7 Å². The van der Waals surface area contributed by atoms with Crippen LogP contribution in [0.5, 0.6) is 17.2 Å². The van der Waals surface area contributed by atoms with Crippen molar-refractivity contribution in [3.63, 3.8) is 0 Å². The monoisotopic (exact) mass is 548 g/mol. The van der Waals surface area contributed by atoms with Gasteiger partial charge in [0, 0.05) is 11.8 Å². The maximum absolute atomic E-state index is 13.1. The van der Waals surface area contributed by atoms with E-state index in [1.807, 2.05) is 0 Å². The Bertz CT molecular complexity index is 1220. The number of alkyl halides is 3. The number of carbonyl (C=O) groups is 2. The number of amides is 2. The summed E-state index contributed by atoms with van der Waals surface area (Å²) in [5, 5.41) is 8.90. The van der Waals surface area contributed by atoms with Crippen LogP contribution in [0.1, 0.15) is 13.8 Å². The zero-order valence-corrected chi connectivity index (χ0v) is 20.9. The van der Waals surface area contributed by atoms with Gasteiger partial charge in [-0.1, -0.05) is 11.8 Å². The van der Waals surface area contributed by atoms with E-state index in [4.69, 9.17) is 4.74 Å². The molecule has 2 amide bonds. The van der Waals surface area contributed by atoms with E-state index in [9.17, 15) is 36.4 Å². The van der Waals surface area contributed by atoms with Gasteiger partial charge in [-0.2, -0.15) is 0 Å². The highest BCUT2D eigenvalue weighted by molar-refractivity contribution is 8.15. The number of hydroxylamine groups is 1. The highest BCUT2D eigenvalue weighted by Gasteiger charge is 2.51. The van der Waals surface area contributed by atoms with Gasteiger partial charge in [0.2, 0.25) is 5.91 Å². The van der Waals surface area contributed by atoms with Gasteiger partial charge in [-0.3, -0.25) is 14.8 Å². The summed E-state index contributed by atoms with van der Waals surface area (Å²) >= 11 is 0.974. The van der Waals surface area contributed by atoms with Crippen molar-refractivity contribution in [2.45, 2.75) is 35.9 Å². The Balaban J connectivity index is 1.76. The fourth-order valence-electron chi connectivity index (χ4n) is 3.98. The van der Waals surface area contributed by atoms with Crippen molar-refractivity contribution in [1.82, 2.24) is 10.4 Å². The van der Waals surface area contributed by atoms with Crippen LogP contribution >= 0.6 is 11.8 Å². The van der Waals surface area contributed by atoms with E-state index in [1.54, 1.807) is 13.8 Å². The van der Waals surface area contributed by atoms with Gasteiger partial charge in [0.05, 0.1) is 22.6 Å². The standard InChI is InChI=1S/C22H23F3N2O7S2/c1-21(2)18(27(3)20(29)35-21)17(19(28)26-30)12-36(31,32)16-10-8-14(9-11-16)33-13-4-6-15(7-5-13)34-22(23,24)25/h4-11,17-18,30H,12H2,1-3H3,(H,26,28)/t17-,18+/m1/s1. The van der Waals surface area contributed by atoms with Crippen molar-refractivity contribution in [1.29, 1.82) is 0 Å². The lowest BCUT2D eigenvalue weighted by molar-refractivity contribution is -0.274. The van der Waals surface area contributed by atoms with Gasteiger partial charge in [0.1, 0.15) is 17.2 Å². The Kier molecular flexibility index (Phi) is 7.81. The highest BCUT2D eigenvalue weighted by atomic mass is 32.2. The molecular weight excluding hydrogens is 525 g/mol. The number of thioether (sulfide) groups is 1. The highest BCUT2D eigenvalue weighted by Crippen LogP contribution is 2.44. The average Bonchev–Trinajstić information content (AvgIpc) is 2.98. The topological polar surface area (TPSA) is 122 Å². The molecule has 14 heteroatoms. The maximum Gasteiger partial charge on any atom is 0.573 e. The van der Waals surface area contributed by atoms with Crippen molar-refractivity contribution in [2.24, 2.45) is 5.92 Å². The molecule has 0 aliphatic carbocycles. The van der Waals surface area contributed by atoms with Crippen LogP contribution in [0.25, 0.3) is 0 Å². The first-order valence-corrected chi connectivity index (χ1v) is 12.9. The molecule has 1 aliphatic rings. The molecular formula is C22H23F3N2O7S2.